The third kappa shape index (κ3) is 2.90. The third-order valence-corrected chi connectivity index (χ3v) is 3.56. The van der Waals surface area contributed by atoms with Gasteiger partial charge < -0.3 is 10.2 Å². The maximum atomic E-state index is 12.0. The molecule has 2 aromatic rings. The molecule has 0 bridgehead atoms. The summed E-state index contributed by atoms with van der Waals surface area (Å²) in [5.41, 5.74) is 2.70. The number of carbonyl (C=O) groups excluding carboxylic acids is 2. The highest BCUT2D eigenvalue weighted by molar-refractivity contribution is 6.01. The van der Waals surface area contributed by atoms with Crippen LogP contribution in [0.1, 0.15) is 23.7 Å². The van der Waals surface area contributed by atoms with Crippen LogP contribution < -0.4 is 5.32 Å². The van der Waals surface area contributed by atoms with Crippen LogP contribution in [0.5, 0.6) is 0 Å². The van der Waals surface area contributed by atoms with Crippen molar-refractivity contribution in [1.82, 2.24) is 15.1 Å². The molecule has 22 heavy (non-hydrogen) atoms. The van der Waals surface area contributed by atoms with Crippen molar-refractivity contribution in [2.24, 2.45) is 0 Å². The molecule has 1 aromatic heterocycles. The van der Waals surface area contributed by atoms with Gasteiger partial charge in [-0.05, 0) is 11.6 Å². The molecule has 1 aliphatic rings. The zero-order valence-corrected chi connectivity index (χ0v) is 12.2. The fourth-order valence-corrected chi connectivity index (χ4v) is 2.36. The Kier molecular flexibility index (Phi) is 3.74. The Bertz CT molecular complexity index is 734. The number of aromatic amines is 1. The summed E-state index contributed by atoms with van der Waals surface area (Å²) in [6, 6.07) is 9.58. The monoisotopic (exact) mass is 296 g/mol. The van der Waals surface area contributed by atoms with E-state index in [2.05, 4.69) is 15.5 Å². The fraction of sp³-hybridized carbons (Fsp3) is 0.188. The summed E-state index contributed by atoms with van der Waals surface area (Å²) in [5, 5.41) is 9.71. The summed E-state index contributed by atoms with van der Waals surface area (Å²) < 4.78 is 0. The number of nitrogens with zero attached hydrogens (tertiary/aromatic N) is 2. The summed E-state index contributed by atoms with van der Waals surface area (Å²) in [4.78, 5) is 25.1. The van der Waals surface area contributed by atoms with E-state index in [1.807, 2.05) is 30.3 Å². The van der Waals surface area contributed by atoms with Gasteiger partial charge in [0.25, 0.3) is 0 Å². The van der Waals surface area contributed by atoms with Crippen LogP contribution in [0.15, 0.2) is 36.4 Å². The van der Waals surface area contributed by atoms with Crippen molar-refractivity contribution in [1.29, 1.82) is 0 Å². The second kappa shape index (κ2) is 5.85. The van der Waals surface area contributed by atoms with Gasteiger partial charge in [-0.3, -0.25) is 14.7 Å². The SMILES string of the molecule is CC(=O)N1Cc2[nH]nc(NC(=O)/C=C\c3ccccc3)c2C1. The maximum absolute atomic E-state index is 12.0. The number of H-pyrrole nitrogens is 1. The van der Waals surface area contributed by atoms with Crippen LogP contribution in [0, 0.1) is 0 Å². The van der Waals surface area contributed by atoms with Gasteiger partial charge in [0.05, 0.1) is 18.8 Å². The van der Waals surface area contributed by atoms with E-state index >= 15 is 0 Å². The van der Waals surface area contributed by atoms with E-state index in [1.165, 1.54) is 13.0 Å². The Balaban J connectivity index is 1.67. The fourth-order valence-electron chi connectivity index (χ4n) is 2.36. The molecule has 0 unspecified atom stereocenters. The lowest BCUT2D eigenvalue weighted by Crippen LogP contribution is -2.22. The molecule has 2 N–H and O–H groups in total. The lowest BCUT2D eigenvalue weighted by atomic mass is 10.2. The van der Waals surface area contributed by atoms with Gasteiger partial charge in [0.2, 0.25) is 11.8 Å². The minimum Gasteiger partial charge on any atom is -0.333 e. The average molecular weight is 296 g/mol. The molecule has 3 rings (SSSR count). The Hall–Kier alpha value is -2.89. The molecule has 6 nitrogen and oxygen atoms in total. The van der Waals surface area contributed by atoms with Crippen LogP contribution >= 0.6 is 0 Å². The number of anilines is 1. The van der Waals surface area contributed by atoms with Crippen molar-refractivity contribution >= 4 is 23.7 Å². The first-order valence-corrected chi connectivity index (χ1v) is 6.99. The lowest BCUT2D eigenvalue weighted by molar-refractivity contribution is -0.129. The summed E-state index contributed by atoms with van der Waals surface area (Å²) in [6.45, 7) is 2.51. The highest BCUT2D eigenvalue weighted by Crippen LogP contribution is 2.26. The molecule has 2 heterocycles. The quantitative estimate of drug-likeness (QED) is 0.849. The van der Waals surface area contributed by atoms with Crippen molar-refractivity contribution in [2.45, 2.75) is 20.0 Å². The number of rotatable bonds is 3. The van der Waals surface area contributed by atoms with E-state index in [9.17, 15) is 9.59 Å². The molecule has 0 saturated carbocycles. The number of nitrogens with one attached hydrogen (secondary N) is 2. The minimum atomic E-state index is -0.251. The normalized spacial score (nSPS) is 13.4. The van der Waals surface area contributed by atoms with E-state index in [-0.39, 0.29) is 11.8 Å². The molecular weight excluding hydrogens is 280 g/mol. The Morgan fingerprint density at radius 1 is 1.27 bits per heavy atom. The minimum absolute atomic E-state index is 0.00542. The van der Waals surface area contributed by atoms with Crippen molar-refractivity contribution in [3.05, 3.63) is 53.2 Å². The largest absolute Gasteiger partial charge is 0.333 e. The van der Waals surface area contributed by atoms with Gasteiger partial charge >= 0.3 is 0 Å². The predicted molar refractivity (Wildman–Crippen MR) is 82.6 cm³/mol. The van der Waals surface area contributed by atoms with E-state index in [0.29, 0.717) is 18.9 Å². The second-order valence-electron chi connectivity index (χ2n) is 5.14. The van der Waals surface area contributed by atoms with Crippen LogP contribution in [0.25, 0.3) is 6.08 Å². The highest BCUT2D eigenvalue weighted by atomic mass is 16.2. The van der Waals surface area contributed by atoms with Gasteiger partial charge in [0, 0.05) is 18.6 Å². The van der Waals surface area contributed by atoms with Crippen molar-refractivity contribution in [3.8, 4) is 0 Å². The second-order valence-corrected chi connectivity index (χ2v) is 5.14. The average Bonchev–Trinajstić information content (AvgIpc) is 3.08. The summed E-state index contributed by atoms with van der Waals surface area (Å²) in [6.07, 6.45) is 3.21. The van der Waals surface area contributed by atoms with Gasteiger partial charge in [-0.25, -0.2) is 0 Å². The van der Waals surface area contributed by atoms with Gasteiger partial charge in [-0.1, -0.05) is 30.3 Å². The molecule has 1 aliphatic heterocycles. The van der Waals surface area contributed by atoms with Gasteiger partial charge in [0.15, 0.2) is 5.82 Å². The number of benzene rings is 1. The molecule has 0 spiro atoms. The van der Waals surface area contributed by atoms with Gasteiger partial charge in [0.1, 0.15) is 0 Å². The molecule has 112 valence electrons. The third-order valence-electron chi connectivity index (χ3n) is 3.56. The smallest absolute Gasteiger partial charge is 0.249 e. The van der Waals surface area contributed by atoms with Crippen molar-refractivity contribution in [3.63, 3.8) is 0 Å². The Labute approximate surface area is 127 Å². The molecule has 0 saturated heterocycles. The number of aromatic nitrogens is 2. The first-order valence-electron chi connectivity index (χ1n) is 6.99. The number of hydrogen-bond donors (Lipinski definition) is 2. The molecule has 0 atom stereocenters. The van der Waals surface area contributed by atoms with Crippen LogP contribution in [0.2, 0.25) is 0 Å². The first-order chi connectivity index (χ1) is 10.6. The standard InChI is InChI=1S/C16H16N4O2/c1-11(21)20-9-13-14(10-20)18-19-16(13)17-15(22)8-7-12-5-3-2-4-6-12/h2-8H,9-10H2,1H3,(H2,17,18,19,22)/b8-7-. The summed E-state index contributed by atoms with van der Waals surface area (Å²) in [5.74, 6) is 0.242. The molecule has 2 amide bonds. The number of amides is 2. The summed E-state index contributed by atoms with van der Waals surface area (Å²) in [7, 11) is 0. The molecule has 6 heteroatoms. The van der Waals surface area contributed by atoms with Gasteiger partial charge in [-0.2, -0.15) is 5.10 Å². The molecule has 0 aliphatic carbocycles. The highest BCUT2D eigenvalue weighted by Gasteiger charge is 2.26. The van der Waals surface area contributed by atoms with Gasteiger partial charge in [-0.15, -0.1) is 0 Å². The summed E-state index contributed by atoms with van der Waals surface area (Å²) >= 11 is 0. The number of carbonyl (C=O) groups is 2. The van der Waals surface area contributed by atoms with E-state index < -0.39 is 0 Å². The zero-order chi connectivity index (χ0) is 15.5. The predicted octanol–water partition coefficient (Wildman–Crippen LogP) is 1.92. The molecule has 0 fully saturated rings. The molecular formula is C16H16N4O2. The van der Waals surface area contributed by atoms with E-state index in [4.69, 9.17) is 0 Å². The zero-order valence-electron chi connectivity index (χ0n) is 12.2. The lowest BCUT2D eigenvalue weighted by Gasteiger charge is -2.12. The van der Waals surface area contributed by atoms with Crippen LogP contribution in [-0.4, -0.2) is 26.9 Å². The molecule has 1 aromatic carbocycles. The van der Waals surface area contributed by atoms with Crippen LogP contribution in [-0.2, 0) is 22.7 Å². The van der Waals surface area contributed by atoms with Crippen molar-refractivity contribution < 1.29 is 9.59 Å². The molecule has 0 radical (unpaired) electrons. The number of hydrogen-bond acceptors (Lipinski definition) is 3. The Morgan fingerprint density at radius 2 is 2.05 bits per heavy atom. The maximum Gasteiger partial charge on any atom is 0.249 e. The van der Waals surface area contributed by atoms with E-state index in [0.717, 1.165) is 16.8 Å². The van der Waals surface area contributed by atoms with Crippen molar-refractivity contribution in [2.75, 3.05) is 5.32 Å². The number of fused-ring (bicyclic) bond motifs is 1. The topological polar surface area (TPSA) is 78.1 Å². The van der Waals surface area contributed by atoms with Crippen LogP contribution in [0.3, 0.4) is 0 Å². The van der Waals surface area contributed by atoms with E-state index in [1.54, 1.807) is 11.0 Å². The van der Waals surface area contributed by atoms with Crippen LogP contribution in [0.4, 0.5) is 5.82 Å². The Morgan fingerprint density at radius 3 is 2.77 bits per heavy atom. The first kappa shape index (κ1) is 14.1.